The first-order chi connectivity index (χ1) is 17.5. The number of para-hydroxylation sites is 1. The number of methoxy groups -OCH3 is 1. The SMILES string of the molecule is CNC(=O)c1ccnc2c(C(CNc3cc(-c4ccc(C(C)OC)cc4)ncn3)CSC)cccc12. The maximum absolute atomic E-state index is 12.4. The van der Waals surface area contributed by atoms with Crippen LogP contribution in [0.1, 0.15) is 40.4 Å². The van der Waals surface area contributed by atoms with Crippen molar-refractivity contribution in [2.75, 3.05) is 38.0 Å². The predicted molar refractivity (Wildman–Crippen MR) is 148 cm³/mol. The van der Waals surface area contributed by atoms with Crippen molar-refractivity contribution in [1.29, 1.82) is 0 Å². The second-order valence-corrected chi connectivity index (χ2v) is 9.41. The van der Waals surface area contributed by atoms with Gasteiger partial charge in [-0.05, 0) is 30.4 Å². The quantitative estimate of drug-likeness (QED) is 0.304. The van der Waals surface area contributed by atoms with E-state index in [4.69, 9.17) is 4.74 Å². The fraction of sp³-hybridized carbons (Fsp3) is 0.286. The number of nitrogens with one attached hydrogen (secondary N) is 2. The van der Waals surface area contributed by atoms with Gasteiger partial charge in [0.15, 0.2) is 0 Å². The average Bonchev–Trinajstić information content (AvgIpc) is 2.94. The lowest BCUT2D eigenvalue weighted by molar-refractivity contribution is 0.0964. The van der Waals surface area contributed by atoms with Crippen LogP contribution in [0.5, 0.6) is 0 Å². The number of nitrogens with zero attached hydrogens (tertiary/aromatic N) is 3. The lowest BCUT2D eigenvalue weighted by atomic mass is 9.95. The second-order valence-electron chi connectivity index (χ2n) is 8.50. The van der Waals surface area contributed by atoms with E-state index in [1.165, 1.54) is 0 Å². The molecule has 2 atom stereocenters. The highest BCUT2D eigenvalue weighted by molar-refractivity contribution is 7.98. The third kappa shape index (κ3) is 5.66. The fourth-order valence-corrected chi connectivity index (χ4v) is 4.92. The number of carbonyl (C=O) groups excluding carboxylic acids is 1. The molecule has 0 spiro atoms. The zero-order chi connectivity index (χ0) is 25.5. The normalized spacial score (nSPS) is 12.8. The summed E-state index contributed by atoms with van der Waals surface area (Å²) >= 11 is 1.78. The van der Waals surface area contributed by atoms with Gasteiger partial charge >= 0.3 is 0 Å². The summed E-state index contributed by atoms with van der Waals surface area (Å²) in [5, 5.41) is 7.08. The largest absolute Gasteiger partial charge is 0.377 e. The lowest BCUT2D eigenvalue weighted by Gasteiger charge is -2.19. The molecule has 2 aromatic heterocycles. The van der Waals surface area contributed by atoms with Crippen LogP contribution in [-0.2, 0) is 4.74 Å². The number of anilines is 1. The summed E-state index contributed by atoms with van der Waals surface area (Å²) in [6.45, 7) is 2.70. The molecule has 0 aliphatic heterocycles. The molecular weight excluding hydrogens is 470 g/mol. The molecule has 2 heterocycles. The molecule has 0 aliphatic rings. The zero-order valence-corrected chi connectivity index (χ0v) is 21.8. The molecule has 0 fully saturated rings. The minimum atomic E-state index is -0.114. The van der Waals surface area contributed by atoms with Crippen molar-refractivity contribution < 1.29 is 9.53 Å². The molecule has 8 heteroatoms. The van der Waals surface area contributed by atoms with E-state index in [1.807, 2.05) is 25.1 Å². The lowest BCUT2D eigenvalue weighted by Crippen LogP contribution is -2.19. The number of aromatic nitrogens is 3. The topological polar surface area (TPSA) is 89.0 Å². The van der Waals surface area contributed by atoms with Gasteiger partial charge < -0.3 is 15.4 Å². The molecule has 2 unspecified atom stereocenters. The van der Waals surface area contributed by atoms with Gasteiger partial charge in [-0.3, -0.25) is 9.78 Å². The van der Waals surface area contributed by atoms with Gasteiger partial charge in [-0.2, -0.15) is 11.8 Å². The third-order valence-electron chi connectivity index (χ3n) is 6.31. The molecule has 0 saturated heterocycles. The van der Waals surface area contributed by atoms with Crippen LogP contribution < -0.4 is 10.6 Å². The highest BCUT2D eigenvalue weighted by atomic mass is 32.2. The molecule has 36 heavy (non-hydrogen) atoms. The van der Waals surface area contributed by atoms with Crippen LogP contribution in [0.4, 0.5) is 5.82 Å². The first-order valence-corrected chi connectivity index (χ1v) is 13.2. The molecule has 2 aromatic carbocycles. The maximum Gasteiger partial charge on any atom is 0.251 e. The van der Waals surface area contributed by atoms with Crippen molar-refractivity contribution in [2.45, 2.75) is 18.9 Å². The summed E-state index contributed by atoms with van der Waals surface area (Å²) in [6.07, 6.45) is 5.43. The zero-order valence-electron chi connectivity index (χ0n) is 21.0. The molecule has 7 nitrogen and oxygen atoms in total. The summed E-state index contributed by atoms with van der Waals surface area (Å²) in [5.74, 6) is 1.72. The maximum atomic E-state index is 12.4. The highest BCUT2D eigenvalue weighted by Gasteiger charge is 2.18. The predicted octanol–water partition coefficient (Wildman–Crippen LogP) is 5.32. The Morgan fingerprint density at radius 2 is 1.89 bits per heavy atom. The molecule has 0 bridgehead atoms. The highest BCUT2D eigenvalue weighted by Crippen LogP contribution is 2.29. The minimum Gasteiger partial charge on any atom is -0.377 e. The standard InChI is InChI=1S/C28H31N5O2S/c1-18(35-3)19-8-10-20(11-9-19)25-14-26(33-17-32-25)31-15-21(16-36-4)22-6-5-7-23-24(28(34)29-2)12-13-30-27(22)23/h5-14,17-18,21H,15-16H2,1-4H3,(H,29,34)(H,31,32,33). The number of carbonyl (C=O) groups is 1. The van der Waals surface area contributed by atoms with Gasteiger partial charge in [0, 0.05) is 55.6 Å². The van der Waals surface area contributed by atoms with Crippen molar-refractivity contribution in [3.63, 3.8) is 0 Å². The van der Waals surface area contributed by atoms with Crippen LogP contribution in [0.15, 0.2) is 67.1 Å². The van der Waals surface area contributed by atoms with E-state index in [-0.39, 0.29) is 17.9 Å². The van der Waals surface area contributed by atoms with Crippen LogP contribution in [0.3, 0.4) is 0 Å². The second kappa shape index (κ2) is 12.0. The van der Waals surface area contributed by atoms with Crippen LogP contribution in [0.2, 0.25) is 0 Å². The molecule has 0 aliphatic carbocycles. The van der Waals surface area contributed by atoms with E-state index in [2.05, 4.69) is 62.2 Å². The van der Waals surface area contributed by atoms with Crippen molar-refractivity contribution in [3.8, 4) is 11.3 Å². The monoisotopic (exact) mass is 501 g/mol. The molecule has 4 rings (SSSR count). The van der Waals surface area contributed by atoms with Crippen LogP contribution >= 0.6 is 11.8 Å². The number of fused-ring (bicyclic) bond motifs is 1. The van der Waals surface area contributed by atoms with Crippen molar-refractivity contribution in [1.82, 2.24) is 20.3 Å². The number of hydrogen-bond acceptors (Lipinski definition) is 7. The van der Waals surface area contributed by atoms with Gasteiger partial charge in [0.1, 0.15) is 12.1 Å². The molecular formula is C28H31N5O2S. The number of pyridine rings is 1. The number of thioether (sulfide) groups is 1. The van der Waals surface area contributed by atoms with Gasteiger partial charge in [-0.15, -0.1) is 0 Å². The minimum absolute atomic E-state index is 0.0473. The van der Waals surface area contributed by atoms with E-state index in [0.717, 1.165) is 44.9 Å². The Balaban J connectivity index is 1.57. The molecule has 186 valence electrons. The van der Waals surface area contributed by atoms with Gasteiger partial charge in [0.25, 0.3) is 5.91 Å². The Bertz CT molecular complexity index is 1330. The van der Waals surface area contributed by atoms with Crippen molar-refractivity contribution in [3.05, 3.63) is 83.8 Å². The molecule has 0 saturated carbocycles. The molecule has 2 N–H and O–H groups in total. The summed E-state index contributed by atoms with van der Waals surface area (Å²) in [5.41, 5.74) is 5.59. The van der Waals surface area contributed by atoms with Crippen molar-refractivity contribution in [2.24, 2.45) is 0 Å². The third-order valence-corrected chi connectivity index (χ3v) is 7.04. The fourth-order valence-electron chi connectivity index (χ4n) is 4.22. The average molecular weight is 502 g/mol. The van der Waals surface area contributed by atoms with E-state index in [9.17, 15) is 4.79 Å². The first kappa shape index (κ1) is 25.6. The Kier molecular flexibility index (Phi) is 8.51. The smallest absolute Gasteiger partial charge is 0.251 e. The van der Waals surface area contributed by atoms with E-state index in [0.29, 0.717) is 12.1 Å². The Morgan fingerprint density at radius 1 is 1.08 bits per heavy atom. The van der Waals surface area contributed by atoms with E-state index >= 15 is 0 Å². The number of rotatable bonds is 10. The number of hydrogen-bond donors (Lipinski definition) is 2. The van der Waals surface area contributed by atoms with Gasteiger partial charge in [0.05, 0.1) is 22.9 Å². The summed E-state index contributed by atoms with van der Waals surface area (Å²) < 4.78 is 5.40. The number of benzene rings is 2. The van der Waals surface area contributed by atoms with E-state index in [1.54, 1.807) is 44.5 Å². The Hall–Kier alpha value is -3.49. The summed E-state index contributed by atoms with van der Waals surface area (Å²) in [4.78, 5) is 25.9. The molecule has 0 radical (unpaired) electrons. The Morgan fingerprint density at radius 3 is 2.61 bits per heavy atom. The number of ether oxygens (including phenoxy) is 1. The van der Waals surface area contributed by atoms with Gasteiger partial charge in [-0.25, -0.2) is 9.97 Å². The number of amides is 1. The van der Waals surface area contributed by atoms with E-state index < -0.39 is 0 Å². The first-order valence-electron chi connectivity index (χ1n) is 11.8. The van der Waals surface area contributed by atoms with Crippen LogP contribution in [0.25, 0.3) is 22.2 Å². The molecule has 1 amide bonds. The van der Waals surface area contributed by atoms with Crippen LogP contribution in [-0.4, -0.2) is 53.6 Å². The van der Waals surface area contributed by atoms with Gasteiger partial charge in [0.2, 0.25) is 0 Å². The molecule has 4 aromatic rings. The van der Waals surface area contributed by atoms with Gasteiger partial charge in [-0.1, -0.05) is 42.5 Å². The Labute approximate surface area is 216 Å². The van der Waals surface area contributed by atoms with Crippen LogP contribution in [0, 0.1) is 0 Å². The summed E-state index contributed by atoms with van der Waals surface area (Å²) in [6, 6.07) is 18.0. The summed E-state index contributed by atoms with van der Waals surface area (Å²) in [7, 11) is 3.35. The van der Waals surface area contributed by atoms with Crippen molar-refractivity contribution >= 4 is 34.4 Å².